The largest absolute Gasteiger partial charge is 0.504 e. The van der Waals surface area contributed by atoms with E-state index in [1.165, 1.54) is 25.3 Å². The van der Waals surface area contributed by atoms with Gasteiger partial charge in [-0.2, -0.15) is 0 Å². The first-order valence-electron chi connectivity index (χ1n) is 10.7. The molecule has 0 radical (unpaired) electrons. The van der Waals surface area contributed by atoms with Crippen molar-refractivity contribution in [3.05, 3.63) is 23.3 Å². The summed E-state index contributed by atoms with van der Waals surface area (Å²) in [5.74, 6) is 1.38. The highest BCUT2D eigenvalue weighted by molar-refractivity contribution is 5.73. The van der Waals surface area contributed by atoms with E-state index in [9.17, 15) is 15.0 Å². The number of nitrogens with zero attached hydrogens (tertiary/aromatic N) is 1. The number of amides is 1. The number of nitrogens with one attached hydrogen (secondary N) is 1. The predicted molar refractivity (Wildman–Crippen MR) is 102 cm³/mol. The number of ether oxygens (including phenoxy) is 1. The number of carbonyl (C=O) groups is 1. The minimum Gasteiger partial charge on any atom is -0.504 e. The molecule has 28 heavy (non-hydrogen) atoms. The van der Waals surface area contributed by atoms with Crippen molar-refractivity contribution in [2.24, 2.45) is 5.92 Å². The van der Waals surface area contributed by atoms with Gasteiger partial charge in [0, 0.05) is 25.1 Å². The van der Waals surface area contributed by atoms with Gasteiger partial charge in [0.1, 0.15) is 6.10 Å². The summed E-state index contributed by atoms with van der Waals surface area (Å²) < 4.78 is 6.37. The van der Waals surface area contributed by atoms with Crippen LogP contribution in [0.5, 0.6) is 11.5 Å². The van der Waals surface area contributed by atoms with Crippen molar-refractivity contribution in [3.63, 3.8) is 0 Å². The number of likely N-dealkylation sites (tertiary alicyclic amines) is 1. The van der Waals surface area contributed by atoms with Gasteiger partial charge in [0.25, 0.3) is 0 Å². The van der Waals surface area contributed by atoms with Crippen LogP contribution in [0, 0.1) is 5.92 Å². The van der Waals surface area contributed by atoms with Gasteiger partial charge in [-0.15, -0.1) is 0 Å². The molecule has 2 unspecified atom stereocenters. The average molecular weight is 384 g/mol. The molecular formula is C22H28N2O4. The molecule has 3 aliphatic carbocycles. The molecule has 2 saturated carbocycles. The van der Waals surface area contributed by atoms with Crippen molar-refractivity contribution >= 4 is 5.91 Å². The first-order valence-corrected chi connectivity index (χ1v) is 10.7. The van der Waals surface area contributed by atoms with Crippen LogP contribution in [0.25, 0.3) is 0 Å². The van der Waals surface area contributed by atoms with Crippen molar-refractivity contribution in [2.45, 2.75) is 74.7 Å². The third-order valence-corrected chi connectivity index (χ3v) is 8.15. The van der Waals surface area contributed by atoms with Gasteiger partial charge in [-0.1, -0.05) is 6.07 Å². The minimum atomic E-state index is -0.883. The van der Waals surface area contributed by atoms with Crippen LogP contribution in [-0.2, 0) is 16.6 Å². The number of rotatable bonds is 3. The second-order valence-electron chi connectivity index (χ2n) is 9.64. The van der Waals surface area contributed by atoms with Crippen molar-refractivity contribution in [2.75, 3.05) is 13.1 Å². The molecule has 1 amide bonds. The Balaban J connectivity index is 1.52. The molecule has 3 fully saturated rings. The molecule has 1 spiro atoms. The molecule has 1 saturated heterocycles. The Morgan fingerprint density at radius 1 is 1.32 bits per heavy atom. The van der Waals surface area contributed by atoms with Crippen molar-refractivity contribution in [1.29, 1.82) is 0 Å². The Morgan fingerprint density at radius 3 is 2.89 bits per heavy atom. The SMILES string of the molecule is CC(=O)NC1CC[C@]2(O)C3Cc4ccc(O)c5c4[C@]2(CCN3CC2CC2)[C@@H]1O5. The number of phenolic OH excluding ortho intramolecular Hbond substituents is 1. The summed E-state index contributed by atoms with van der Waals surface area (Å²) in [4.78, 5) is 14.4. The molecule has 2 aliphatic heterocycles. The third kappa shape index (κ3) is 1.98. The minimum absolute atomic E-state index is 0.0747. The lowest BCUT2D eigenvalue weighted by Gasteiger charge is -2.64. The summed E-state index contributed by atoms with van der Waals surface area (Å²) in [5, 5.41) is 25.8. The number of aliphatic hydroxyl groups is 1. The summed E-state index contributed by atoms with van der Waals surface area (Å²) in [6.07, 6.45) is 5.22. The van der Waals surface area contributed by atoms with E-state index in [2.05, 4.69) is 10.2 Å². The highest BCUT2D eigenvalue weighted by atomic mass is 16.5. The Hall–Kier alpha value is -1.79. The maximum atomic E-state index is 12.2. The van der Waals surface area contributed by atoms with Crippen LogP contribution in [0.2, 0.25) is 0 Å². The van der Waals surface area contributed by atoms with E-state index in [0.717, 1.165) is 37.4 Å². The van der Waals surface area contributed by atoms with Gasteiger partial charge in [-0.05, 0) is 62.6 Å². The monoisotopic (exact) mass is 384 g/mol. The normalized spacial score (nSPS) is 40.6. The fraction of sp³-hybridized carbons (Fsp3) is 0.682. The molecule has 6 heteroatoms. The molecule has 5 atom stereocenters. The molecule has 2 bridgehead atoms. The van der Waals surface area contributed by atoms with Gasteiger partial charge in [-0.25, -0.2) is 0 Å². The topological polar surface area (TPSA) is 82.0 Å². The number of piperidine rings is 1. The summed E-state index contributed by atoms with van der Waals surface area (Å²) in [5.41, 5.74) is 0.766. The first kappa shape index (κ1) is 17.1. The number of carbonyl (C=O) groups excluding carboxylic acids is 1. The zero-order valence-electron chi connectivity index (χ0n) is 16.3. The fourth-order valence-corrected chi connectivity index (χ4v) is 6.89. The average Bonchev–Trinajstić information content (AvgIpc) is 3.38. The molecular weight excluding hydrogens is 356 g/mol. The quantitative estimate of drug-likeness (QED) is 0.735. The van der Waals surface area contributed by atoms with E-state index in [-0.39, 0.29) is 29.8 Å². The lowest BCUT2D eigenvalue weighted by Crippen LogP contribution is -2.78. The van der Waals surface area contributed by atoms with Crippen LogP contribution >= 0.6 is 0 Å². The second-order valence-corrected chi connectivity index (χ2v) is 9.64. The molecule has 6 rings (SSSR count). The van der Waals surface area contributed by atoms with Gasteiger partial charge >= 0.3 is 0 Å². The summed E-state index contributed by atoms with van der Waals surface area (Å²) in [6, 6.07) is 3.66. The number of hydrogen-bond acceptors (Lipinski definition) is 5. The van der Waals surface area contributed by atoms with Crippen LogP contribution in [0.4, 0.5) is 0 Å². The summed E-state index contributed by atoms with van der Waals surface area (Å²) >= 11 is 0. The predicted octanol–water partition coefficient (Wildman–Crippen LogP) is 1.46. The summed E-state index contributed by atoms with van der Waals surface area (Å²) in [7, 11) is 0. The van der Waals surface area contributed by atoms with E-state index >= 15 is 0 Å². The van der Waals surface area contributed by atoms with E-state index in [0.29, 0.717) is 18.6 Å². The Labute approximate surface area is 164 Å². The zero-order valence-corrected chi connectivity index (χ0v) is 16.3. The maximum Gasteiger partial charge on any atom is 0.217 e. The molecule has 2 heterocycles. The zero-order chi connectivity index (χ0) is 19.3. The second kappa shape index (κ2) is 5.42. The molecule has 3 N–H and O–H groups in total. The lowest BCUT2D eigenvalue weighted by atomic mass is 9.48. The van der Waals surface area contributed by atoms with E-state index in [4.69, 9.17) is 4.74 Å². The lowest BCUT2D eigenvalue weighted by molar-refractivity contribution is -0.192. The van der Waals surface area contributed by atoms with Crippen molar-refractivity contribution in [3.8, 4) is 11.5 Å². The number of benzene rings is 1. The Kier molecular flexibility index (Phi) is 3.31. The van der Waals surface area contributed by atoms with Crippen LogP contribution in [0.15, 0.2) is 12.1 Å². The number of aromatic hydroxyl groups is 1. The van der Waals surface area contributed by atoms with Crippen LogP contribution < -0.4 is 10.1 Å². The van der Waals surface area contributed by atoms with Crippen LogP contribution in [0.1, 0.15) is 50.2 Å². The van der Waals surface area contributed by atoms with Crippen molar-refractivity contribution < 1.29 is 19.7 Å². The smallest absolute Gasteiger partial charge is 0.217 e. The van der Waals surface area contributed by atoms with E-state index in [1.807, 2.05) is 6.07 Å². The molecule has 0 aromatic heterocycles. The van der Waals surface area contributed by atoms with Crippen LogP contribution in [-0.4, -0.2) is 57.9 Å². The third-order valence-electron chi connectivity index (χ3n) is 8.15. The van der Waals surface area contributed by atoms with Crippen LogP contribution in [0.3, 0.4) is 0 Å². The first-order chi connectivity index (χ1) is 13.4. The molecule has 1 aromatic rings. The molecule has 150 valence electrons. The molecule has 1 aromatic carbocycles. The highest BCUT2D eigenvalue weighted by Gasteiger charge is 2.73. The highest BCUT2D eigenvalue weighted by Crippen LogP contribution is 2.65. The summed E-state index contributed by atoms with van der Waals surface area (Å²) in [6.45, 7) is 3.54. The Bertz CT molecular complexity index is 868. The fourth-order valence-electron chi connectivity index (χ4n) is 6.89. The standard InChI is InChI=1S/C22H28N2O4/c1-12(25)23-15-6-7-22(27)17-10-14-4-5-16(26)19-18(14)21(22,20(15)28-19)8-9-24(17)11-13-2-3-13/h4-5,13,15,17,20,26-27H,2-3,6-11H2,1H3,(H,23,25)/t15?,17?,20-,21-,22+/m1/s1. The number of hydrogen-bond donors (Lipinski definition) is 3. The molecule has 6 nitrogen and oxygen atoms in total. The van der Waals surface area contributed by atoms with Gasteiger partial charge in [0.15, 0.2) is 11.5 Å². The number of phenols is 1. The van der Waals surface area contributed by atoms with Crippen molar-refractivity contribution in [1.82, 2.24) is 10.2 Å². The molecule has 5 aliphatic rings. The Morgan fingerprint density at radius 2 is 2.14 bits per heavy atom. The van der Waals surface area contributed by atoms with Gasteiger partial charge < -0.3 is 20.3 Å². The van der Waals surface area contributed by atoms with Gasteiger partial charge in [0.05, 0.1) is 17.1 Å². The van der Waals surface area contributed by atoms with Gasteiger partial charge in [-0.3, -0.25) is 9.69 Å². The maximum absolute atomic E-state index is 12.2. The van der Waals surface area contributed by atoms with Gasteiger partial charge in [0.2, 0.25) is 5.91 Å². The van der Waals surface area contributed by atoms with E-state index in [1.54, 1.807) is 6.07 Å². The van der Waals surface area contributed by atoms with E-state index < -0.39 is 11.0 Å².